The van der Waals surface area contributed by atoms with Gasteiger partial charge in [0.1, 0.15) is 0 Å². The summed E-state index contributed by atoms with van der Waals surface area (Å²) in [5.74, 6) is -2.43. The van der Waals surface area contributed by atoms with E-state index in [-0.39, 0.29) is 18.4 Å². The highest BCUT2D eigenvalue weighted by Gasteiger charge is 2.41. The fourth-order valence-corrected chi connectivity index (χ4v) is 2.65. The molecule has 0 amide bonds. The minimum Gasteiger partial charge on any atom is -0.373 e. The third-order valence-corrected chi connectivity index (χ3v) is 3.64. The molecule has 0 unspecified atom stereocenters. The van der Waals surface area contributed by atoms with Crippen LogP contribution in [0.3, 0.4) is 0 Å². The highest BCUT2D eigenvalue weighted by Crippen LogP contribution is 2.35. The Hall–Kier alpha value is -0.220. The van der Waals surface area contributed by atoms with E-state index in [1.165, 1.54) is 0 Å². The summed E-state index contributed by atoms with van der Waals surface area (Å²) in [5, 5.41) is 0. The maximum Gasteiger partial charge on any atom is 0.250 e. The Labute approximate surface area is 102 Å². The highest BCUT2D eigenvalue weighted by molar-refractivity contribution is 4.92. The van der Waals surface area contributed by atoms with Gasteiger partial charge in [0, 0.05) is 32.0 Å². The SMILES string of the molecule is CC(C)(C)OC1CC(N2CCC(F)(F)CC2)C1. The second-order valence-electron chi connectivity index (χ2n) is 6.37. The topological polar surface area (TPSA) is 12.5 Å². The van der Waals surface area contributed by atoms with Gasteiger partial charge >= 0.3 is 0 Å². The first kappa shape index (κ1) is 13.2. The van der Waals surface area contributed by atoms with Gasteiger partial charge < -0.3 is 4.74 Å². The number of nitrogens with zero attached hydrogens (tertiary/aromatic N) is 1. The molecule has 0 radical (unpaired) electrons. The van der Waals surface area contributed by atoms with E-state index in [0.717, 1.165) is 12.8 Å². The number of hydrogen-bond donors (Lipinski definition) is 0. The number of ether oxygens (including phenoxy) is 1. The molecule has 1 saturated carbocycles. The van der Waals surface area contributed by atoms with Crippen molar-refractivity contribution in [1.82, 2.24) is 4.90 Å². The lowest BCUT2D eigenvalue weighted by molar-refractivity contribution is -0.133. The van der Waals surface area contributed by atoms with Crippen molar-refractivity contribution in [3.63, 3.8) is 0 Å². The molecule has 100 valence electrons. The molecular weight excluding hydrogens is 224 g/mol. The van der Waals surface area contributed by atoms with Gasteiger partial charge in [-0.1, -0.05) is 0 Å². The van der Waals surface area contributed by atoms with E-state index in [1.807, 2.05) is 0 Å². The average molecular weight is 247 g/mol. The van der Waals surface area contributed by atoms with E-state index in [1.54, 1.807) is 0 Å². The molecule has 0 spiro atoms. The van der Waals surface area contributed by atoms with Gasteiger partial charge in [-0.05, 0) is 33.6 Å². The van der Waals surface area contributed by atoms with Crippen molar-refractivity contribution >= 4 is 0 Å². The lowest BCUT2D eigenvalue weighted by atomic mass is 9.86. The summed E-state index contributed by atoms with van der Waals surface area (Å²) in [5.41, 5.74) is -0.0927. The smallest absolute Gasteiger partial charge is 0.250 e. The number of halogens is 2. The molecule has 1 aliphatic heterocycles. The lowest BCUT2D eigenvalue weighted by Gasteiger charge is -2.47. The molecule has 2 nitrogen and oxygen atoms in total. The molecule has 2 rings (SSSR count). The van der Waals surface area contributed by atoms with Crippen molar-refractivity contribution in [2.75, 3.05) is 13.1 Å². The first-order valence-corrected chi connectivity index (χ1v) is 6.55. The minimum atomic E-state index is -2.43. The maximum absolute atomic E-state index is 13.0. The maximum atomic E-state index is 13.0. The number of likely N-dealkylation sites (tertiary alicyclic amines) is 1. The third kappa shape index (κ3) is 3.62. The van der Waals surface area contributed by atoms with Gasteiger partial charge in [0.25, 0.3) is 5.92 Å². The summed E-state index contributed by atoms with van der Waals surface area (Å²) in [6.45, 7) is 7.26. The zero-order chi connectivity index (χ0) is 12.7. The van der Waals surface area contributed by atoms with Crippen molar-refractivity contribution in [2.45, 2.75) is 70.1 Å². The zero-order valence-electron chi connectivity index (χ0n) is 11.0. The van der Waals surface area contributed by atoms with E-state index in [4.69, 9.17) is 4.74 Å². The van der Waals surface area contributed by atoms with E-state index >= 15 is 0 Å². The quantitative estimate of drug-likeness (QED) is 0.743. The van der Waals surface area contributed by atoms with Crippen LogP contribution in [-0.4, -0.2) is 41.7 Å². The molecule has 0 bridgehead atoms. The summed E-state index contributed by atoms with van der Waals surface area (Å²) in [7, 11) is 0. The van der Waals surface area contributed by atoms with Gasteiger partial charge in [0.2, 0.25) is 0 Å². The Morgan fingerprint density at radius 2 is 1.65 bits per heavy atom. The standard InChI is InChI=1S/C13H23F2NO/c1-12(2,3)17-11-8-10(9-11)16-6-4-13(14,15)5-7-16/h10-11H,4-9H2,1-3H3. The van der Waals surface area contributed by atoms with Crippen LogP contribution < -0.4 is 0 Å². The molecule has 17 heavy (non-hydrogen) atoms. The average Bonchev–Trinajstić information content (AvgIpc) is 2.10. The van der Waals surface area contributed by atoms with Crippen LogP contribution in [0.4, 0.5) is 8.78 Å². The summed E-state index contributed by atoms with van der Waals surface area (Å²) < 4.78 is 31.9. The molecule has 2 aliphatic rings. The van der Waals surface area contributed by atoms with Crippen LogP contribution in [-0.2, 0) is 4.74 Å². The van der Waals surface area contributed by atoms with E-state index < -0.39 is 5.92 Å². The van der Waals surface area contributed by atoms with Crippen LogP contribution in [0, 0.1) is 0 Å². The van der Waals surface area contributed by atoms with Gasteiger partial charge in [0.05, 0.1) is 11.7 Å². The fourth-order valence-electron chi connectivity index (χ4n) is 2.65. The normalized spacial score (nSPS) is 34.4. The molecule has 0 aromatic rings. The Kier molecular flexibility index (Phi) is 3.47. The van der Waals surface area contributed by atoms with Crippen LogP contribution in [0.2, 0.25) is 0 Å². The fraction of sp³-hybridized carbons (Fsp3) is 1.00. The van der Waals surface area contributed by atoms with Gasteiger partial charge in [-0.15, -0.1) is 0 Å². The molecule has 1 heterocycles. The second kappa shape index (κ2) is 4.47. The van der Waals surface area contributed by atoms with Crippen molar-refractivity contribution in [3.05, 3.63) is 0 Å². The largest absolute Gasteiger partial charge is 0.373 e. The summed E-state index contributed by atoms with van der Waals surface area (Å²) in [6.07, 6.45) is 2.37. The van der Waals surface area contributed by atoms with Crippen molar-refractivity contribution in [2.24, 2.45) is 0 Å². The third-order valence-electron chi connectivity index (χ3n) is 3.64. The molecular formula is C13H23F2NO. The van der Waals surface area contributed by atoms with Gasteiger partial charge in [-0.3, -0.25) is 4.90 Å². The Morgan fingerprint density at radius 3 is 2.12 bits per heavy atom. The van der Waals surface area contributed by atoms with Crippen LogP contribution in [0.1, 0.15) is 46.5 Å². The minimum absolute atomic E-state index is 0.0221. The molecule has 0 atom stereocenters. The Balaban J connectivity index is 1.70. The van der Waals surface area contributed by atoms with Gasteiger partial charge in [-0.25, -0.2) is 8.78 Å². The van der Waals surface area contributed by atoms with E-state index in [0.29, 0.717) is 25.2 Å². The molecule has 2 fully saturated rings. The molecule has 1 saturated heterocycles. The molecule has 0 aromatic heterocycles. The zero-order valence-corrected chi connectivity index (χ0v) is 11.0. The molecule has 0 N–H and O–H groups in total. The van der Waals surface area contributed by atoms with Crippen LogP contribution in [0.15, 0.2) is 0 Å². The van der Waals surface area contributed by atoms with Gasteiger partial charge in [-0.2, -0.15) is 0 Å². The number of rotatable bonds is 2. The van der Waals surface area contributed by atoms with Crippen molar-refractivity contribution in [1.29, 1.82) is 0 Å². The monoisotopic (exact) mass is 247 g/mol. The first-order chi connectivity index (χ1) is 7.75. The van der Waals surface area contributed by atoms with Crippen molar-refractivity contribution in [3.8, 4) is 0 Å². The lowest BCUT2D eigenvalue weighted by Crippen LogP contribution is -2.53. The second-order valence-corrected chi connectivity index (χ2v) is 6.37. The van der Waals surface area contributed by atoms with Crippen molar-refractivity contribution < 1.29 is 13.5 Å². The first-order valence-electron chi connectivity index (χ1n) is 6.55. The Morgan fingerprint density at radius 1 is 1.12 bits per heavy atom. The number of piperidine rings is 1. The summed E-state index contributed by atoms with van der Waals surface area (Å²) >= 11 is 0. The van der Waals surface area contributed by atoms with Crippen LogP contribution in [0.5, 0.6) is 0 Å². The molecule has 0 aromatic carbocycles. The highest BCUT2D eigenvalue weighted by atomic mass is 19.3. The van der Waals surface area contributed by atoms with Crippen LogP contribution in [0.25, 0.3) is 0 Å². The summed E-state index contributed by atoms with van der Waals surface area (Å²) in [4.78, 5) is 2.21. The van der Waals surface area contributed by atoms with Gasteiger partial charge in [0.15, 0.2) is 0 Å². The summed E-state index contributed by atoms with van der Waals surface area (Å²) in [6, 6.07) is 0.471. The Bertz CT molecular complexity index is 259. The number of hydrogen-bond acceptors (Lipinski definition) is 2. The van der Waals surface area contributed by atoms with Crippen LogP contribution >= 0.6 is 0 Å². The van der Waals surface area contributed by atoms with E-state index in [9.17, 15) is 8.78 Å². The van der Waals surface area contributed by atoms with E-state index in [2.05, 4.69) is 25.7 Å². The molecule has 1 aliphatic carbocycles. The predicted octanol–water partition coefficient (Wildman–Crippen LogP) is 3.06. The number of alkyl halides is 2. The molecule has 4 heteroatoms. The predicted molar refractivity (Wildman–Crippen MR) is 63.4 cm³/mol.